The Morgan fingerprint density at radius 3 is 2.23 bits per heavy atom. The van der Waals surface area contributed by atoms with Crippen molar-refractivity contribution < 1.29 is 25.2 Å². The summed E-state index contributed by atoms with van der Waals surface area (Å²) in [6.45, 7) is 15.3. The van der Waals surface area contributed by atoms with Crippen LogP contribution in [0, 0.1) is 50.7 Å². The van der Waals surface area contributed by atoms with Crippen molar-refractivity contribution in [1.82, 2.24) is 0 Å². The van der Waals surface area contributed by atoms with Crippen LogP contribution in [0.3, 0.4) is 0 Å². The molecular formula is C30H48O5. The minimum Gasteiger partial charge on any atom is -0.481 e. The second-order valence-corrected chi connectivity index (χ2v) is 14.9. The third-order valence-electron chi connectivity index (χ3n) is 13.4. The first-order valence-corrected chi connectivity index (χ1v) is 14.0. The van der Waals surface area contributed by atoms with Gasteiger partial charge >= 0.3 is 5.97 Å². The van der Waals surface area contributed by atoms with Crippen molar-refractivity contribution in [1.29, 1.82) is 0 Å². The van der Waals surface area contributed by atoms with Gasteiger partial charge in [-0.1, -0.05) is 53.2 Å². The number of aliphatic carboxylic acids is 1. The molecule has 0 aromatic rings. The monoisotopic (exact) mass is 488 g/mol. The molecule has 5 heteroatoms. The van der Waals surface area contributed by atoms with Crippen molar-refractivity contribution in [3.63, 3.8) is 0 Å². The second kappa shape index (κ2) is 7.35. The van der Waals surface area contributed by atoms with E-state index in [2.05, 4.69) is 47.6 Å². The van der Waals surface area contributed by atoms with Crippen LogP contribution < -0.4 is 0 Å². The average molecular weight is 489 g/mol. The number of hydrogen-bond donors (Lipinski definition) is 4. The van der Waals surface area contributed by atoms with E-state index in [1.54, 1.807) is 0 Å². The van der Waals surface area contributed by atoms with Crippen molar-refractivity contribution in [3.8, 4) is 0 Å². The van der Waals surface area contributed by atoms with E-state index in [1.165, 1.54) is 5.57 Å². The molecule has 4 saturated carbocycles. The number of hydrogen-bond acceptors (Lipinski definition) is 4. The molecular weight excluding hydrogens is 440 g/mol. The predicted octanol–water partition coefficient (Wildman–Crippen LogP) is 5.18. The summed E-state index contributed by atoms with van der Waals surface area (Å²) in [5, 5.41) is 44.3. The normalized spacial score (nSPS) is 57.1. The van der Waals surface area contributed by atoms with Crippen molar-refractivity contribution >= 4 is 5.97 Å². The van der Waals surface area contributed by atoms with E-state index < -0.39 is 29.2 Å². The van der Waals surface area contributed by atoms with E-state index in [4.69, 9.17) is 0 Å². The van der Waals surface area contributed by atoms with E-state index in [0.29, 0.717) is 31.1 Å². The number of aliphatic hydroxyl groups excluding tert-OH is 2. The SMILES string of the molecule is C[C@@H]1CC[C@]2(C(=O)O)CC[C@]3(C)C(=CC[C@@H]4[C@@]5(C)CC(O)C(O)C(C)(C)[C@@H]5CC[C@]43C)[C@@H]2[C@]1(C)O. The van der Waals surface area contributed by atoms with Crippen molar-refractivity contribution in [3.05, 3.63) is 11.6 Å². The quantitative estimate of drug-likeness (QED) is 0.382. The number of carboxylic acid groups (broad SMARTS) is 1. The van der Waals surface area contributed by atoms with Gasteiger partial charge in [0.2, 0.25) is 0 Å². The predicted molar refractivity (Wildman–Crippen MR) is 135 cm³/mol. The van der Waals surface area contributed by atoms with Crippen molar-refractivity contribution in [2.75, 3.05) is 0 Å². The molecule has 4 fully saturated rings. The number of fused-ring (bicyclic) bond motifs is 7. The van der Waals surface area contributed by atoms with E-state index in [0.717, 1.165) is 32.1 Å². The molecule has 0 aromatic carbocycles. The summed E-state index contributed by atoms with van der Waals surface area (Å²) in [7, 11) is 0. The average Bonchev–Trinajstić information content (AvgIpc) is 2.75. The van der Waals surface area contributed by atoms with Gasteiger partial charge in [-0.3, -0.25) is 4.79 Å². The van der Waals surface area contributed by atoms with Gasteiger partial charge < -0.3 is 20.4 Å². The molecule has 4 N–H and O–H groups in total. The van der Waals surface area contributed by atoms with Crippen molar-refractivity contribution in [2.24, 2.45) is 50.7 Å². The van der Waals surface area contributed by atoms with E-state index in [1.807, 2.05) is 6.92 Å². The molecule has 35 heavy (non-hydrogen) atoms. The van der Waals surface area contributed by atoms with Crippen LogP contribution in [-0.4, -0.2) is 44.2 Å². The minimum absolute atomic E-state index is 0.0535. The third kappa shape index (κ3) is 2.90. The molecule has 0 heterocycles. The standard InChI is InChI=1S/C30H48O5/c1-17-10-13-30(24(33)34)15-14-27(5)18(22(30)29(17,7)35)8-9-21-26(4)16-19(31)23(32)25(2,3)20(26)11-12-28(21,27)6/h8,17,19-23,31-32,35H,9-16H2,1-7H3,(H,33,34)/t17-,19?,20+,21-,22-,23?,26+,27-,28-,29-,30+/m1/s1. The van der Waals surface area contributed by atoms with Crippen LogP contribution in [0.2, 0.25) is 0 Å². The Morgan fingerprint density at radius 2 is 1.60 bits per heavy atom. The maximum Gasteiger partial charge on any atom is 0.310 e. The van der Waals surface area contributed by atoms with Gasteiger partial charge in [0.1, 0.15) is 0 Å². The Labute approximate surface area is 211 Å². The van der Waals surface area contributed by atoms with Crippen molar-refractivity contribution in [2.45, 2.75) is 118 Å². The summed E-state index contributed by atoms with van der Waals surface area (Å²) in [5.41, 5.74) is -1.46. The summed E-state index contributed by atoms with van der Waals surface area (Å²) in [6, 6.07) is 0. The van der Waals surface area contributed by atoms with Gasteiger partial charge in [-0.25, -0.2) is 0 Å². The van der Waals surface area contributed by atoms with Gasteiger partial charge in [0, 0.05) is 5.92 Å². The second-order valence-electron chi connectivity index (χ2n) is 14.9. The highest BCUT2D eigenvalue weighted by molar-refractivity contribution is 5.77. The summed E-state index contributed by atoms with van der Waals surface area (Å²) >= 11 is 0. The summed E-state index contributed by atoms with van der Waals surface area (Å²) in [6.07, 6.45) is 7.21. The molecule has 198 valence electrons. The fourth-order valence-corrected chi connectivity index (χ4v) is 11.0. The Hall–Kier alpha value is -0.910. The summed E-state index contributed by atoms with van der Waals surface area (Å²) in [4.78, 5) is 12.8. The molecule has 0 radical (unpaired) electrons. The zero-order valence-electron chi connectivity index (χ0n) is 22.9. The maximum atomic E-state index is 12.8. The lowest BCUT2D eigenvalue weighted by molar-refractivity contribution is -0.237. The Kier molecular flexibility index (Phi) is 5.40. The highest BCUT2D eigenvalue weighted by Crippen LogP contribution is 2.76. The van der Waals surface area contributed by atoms with Crippen LogP contribution >= 0.6 is 0 Å². The van der Waals surface area contributed by atoms with E-state index in [-0.39, 0.29) is 33.5 Å². The minimum atomic E-state index is -1.05. The van der Waals surface area contributed by atoms with Gasteiger partial charge in [-0.2, -0.15) is 0 Å². The van der Waals surface area contributed by atoms with Crippen LogP contribution in [0.1, 0.15) is 99.8 Å². The molecule has 0 aliphatic heterocycles. The van der Waals surface area contributed by atoms with Crippen LogP contribution in [0.15, 0.2) is 11.6 Å². The van der Waals surface area contributed by atoms with E-state index >= 15 is 0 Å². The molecule has 0 aromatic heterocycles. The highest BCUT2D eigenvalue weighted by Gasteiger charge is 2.71. The fourth-order valence-electron chi connectivity index (χ4n) is 11.0. The molecule has 5 nitrogen and oxygen atoms in total. The van der Waals surface area contributed by atoms with Crippen LogP contribution in [0.25, 0.3) is 0 Å². The summed E-state index contributed by atoms with van der Waals surface area (Å²) < 4.78 is 0. The molecule has 0 bridgehead atoms. The first-order valence-electron chi connectivity index (χ1n) is 14.0. The zero-order valence-corrected chi connectivity index (χ0v) is 22.9. The lowest BCUT2D eigenvalue weighted by atomic mass is 9.33. The van der Waals surface area contributed by atoms with Crippen LogP contribution in [0.4, 0.5) is 0 Å². The van der Waals surface area contributed by atoms with Gasteiger partial charge in [0.25, 0.3) is 0 Å². The maximum absolute atomic E-state index is 12.8. The Morgan fingerprint density at radius 1 is 0.943 bits per heavy atom. The molecule has 5 aliphatic rings. The molecule has 5 rings (SSSR count). The molecule has 0 saturated heterocycles. The van der Waals surface area contributed by atoms with Gasteiger partial charge in [0.15, 0.2) is 0 Å². The smallest absolute Gasteiger partial charge is 0.310 e. The first-order chi connectivity index (χ1) is 16.0. The molecule has 0 amide bonds. The molecule has 0 spiro atoms. The number of carboxylic acids is 1. The number of aliphatic hydroxyl groups is 3. The lowest BCUT2D eigenvalue weighted by Crippen LogP contribution is -2.68. The molecule has 2 unspecified atom stereocenters. The van der Waals surface area contributed by atoms with Gasteiger partial charge in [0.05, 0.1) is 23.2 Å². The topological polar surface area (TPSA) is 98.0 Å². The summed E-state index contributed by atoms with van der Waals surface area (Å²) in [5.74, 6) is -0.394. The zero-order chi connectivity index (χ0) is 26.0. The molecule has 11 atom stereocenters. The third-order valence-corrected chi connectivity index (χ3v) is 13.4. The number of rotatable bonds is 1. The van der Waals surface area contributed by atoms with Gasteiger partial charge in [-0.05, 0) is 97.7 Å². The number of carbonyl (C=O) groups is 1. The Balaban J connectivity index is 1.65. The fraction of sp³-hybridized carbons (Fsp3) is 0.900. The largest absolute Gasteiger partial charge is 0.481 e. The highest BCUT2D eigenvalue weighted by atomic mass is 16.4. The molecule has 5 aliphatic carbocycles. The van der Waals surface area contributed by atoms with E-state index in [9.17, 15) is 25.2 Å². The first kappa shape index (κ1) is 25.7. The van der Waals surface area contributed by atoms with Gasteiger partial charge in [-0.15, -0.1) is 0 Å². The van der Waals surface area contributed by atoms with Crippen LogP contribution in [-0.2, 0) is 4.79 Å². The Bertz CT molecular complexity index is 952. The van der Waals surface area contributed by atoms with Crippen LogP contribution in [0.5, 0.6) is 0 Å². The number of allylic oxidation sites excluding steroid dienone is 1. The lowest BCUT2D eigenvalue weighted by Gasteiger charge is -2.72.